The molecule has 1 aromatic heterocycles. The van der Waals surface area contributed by atoms with E-state index in [1.165, 1.54) is 4.70 Å². The largest absolute Gasteiger partial charge is 0.345 e. The van der Waals surface area contributed by atoms with Gasteiger partial charge in [0.05, 0.1) is 10.2 Å². The van der Waals surface area contributed by atoms with E-state index >= 15 is 0 Å². The molecule has 1 aliphatic carbocycles. The number of para-hydroxylation sites is 1. The molecular weight excluding hydrogens is 308 g/mol. The Morgan fingerprint density at radius 2 is 1.96 bits per heavy atom. The van der Waals surface area contributed by atoms with Crippen molar-refractivity contribution in [2.24, 2.45) is 5.92 Å². The van der Waals surface area contributed by atoms with Gasteiger partial charge < -0.3 is 15.1 Å². The van der Waals surface area contributed by atoms with Gasteiger partial charge in [-0.1, -0.05) is 23.5 Å². The second-order valence-electron chi connectivity index (χ2n) is 6.43. The number of piperazine rings is 1. The minimum Gasteiger partial charge on any atom is -0.345 e. The van der Waals surface area contributed by atoms with E-state index in [2.05, 4.69) is 28.4 Å². The second-order valence-corrected chi connectivity index (χ2v) is 7.44. The number of amides is 1. The molecule has 1 aromatic carbocycles. The summed E-state index contributed by atoms with van der Waals surface area (Å²) in [6, 6.07) is 8.79. The molecule has 23 heavy (non-hydrogen) atoms. The molecule has 4 rings (SSSR count). The van der Waals surface area contributed by atoms with Crippen LogP contribution >= 0.6 is 11.3 Å². The minimum absolute atomic E-state index is 0.237. The lowest BCUT2D eigenvalue weighted by Crippen LogP contribution is -2.54. The average Bonchev–Trinajstić information content (AvgIpc) is 2.98. The van der Waals surface area contributed by atoms with E-state index in [1.54, 1.807) is 11.3 Å². The molecule has 6 heteroatoms. The van der Waals surface area contributed by atoms with Crippen LogP contribution in [-0.2, 0) is 4.79 Å². The first-order valence-corrected chi connectivity index (χ1v) is 9.13. The lowest BCUT2D eigenvalue weighted by molar-refractivity contribution is -0.139. The zero-order valence-electron chi connectivity index (χ0n) is 13.4. The zero-order valence-corrected chi connectivity index (χ0v) is 14.2. The molecule has 1 amide bonds. The molecule has 1 aliphatic heterocycles. The van der Waals surface area contributed by atoms with Gasteiger partial charge in [0.15, 0.2) is 5.13 Å². The van der Waals surface area contributed by atoms with Gasteiger partial charge in [-0.2, -0.15) is 0 Å². The van der Waals surface area contributed by atoms with E-state index in [9.17, 15) is 4.79 Å². The van der Waals surface area contributed by atoms with E-state index in [-0.39, 0.29) is 5.92 Å². The fourth-order valence-corrected chi connectivity index (χ4v) is 4.44. The van der Waals surface area contributed by atoms with E-state index in [0.717, 1.165) is 49.7 Å². The Morgan fingerprint density at radius 3 is 2.65 bits per heavy atom. The topological polar surface area (TPSA) is 48.5 Å². The minimum atomic E-state index is 0.237. The van der Waals surface area contributed by atoms with Crippen LogP contribution in [0.4, 0.5) is 5.13 Å². The van der Waals surface area contributed by atoms with Gasteiger partial charge in [-0.05, 0) is 32.0 Å². The summed E-state index contributed by atoms with van der Waals surface area (Å²) in [5, 5.41) is 4.33. The van der Waals surface area contributed by atoms with Crippen molar-refractivity contribution in [1.29, 1.82) is 0 Å². The molecule has 2 aromatic rings. The fourth-order valence-electron chi connectivity index (χ4n) is 3.43. The highest BCUT2D eigenvalue weighted by Crippen LogP contribution is 2.31. The monoisotopic (exact) mass is 330 g/mol. The number of thiazole rings is 1. The van der Waals surface area contributed by atoms with Crippen molar-refractivity contribution in [3.63, 3.8) is 0 Å². The molecule has 0 radical (unpaired) electrons. The number of benzene rings is 1. The van der Waals surface area contributed by atoms with Crippen LogP contribution in [0.15, 0.2) is 24.3 Å². The van der Waals surface area contributed by atoms with Crippen molar-refractivity contribution in [3.8, 4) is 0 Å². The van der Waals surface area contributed by atoms with Crippen molar-refractivity contribution >= 4 is 32.6 Å². The van der Waals surface area contributed by atoms with Gasteiger partial charge in [-0.3, -0.25) is 4.79 Å². The third-order valence-electron chi connectivity index (χ3n) is 5.04. The van der Waals surface area contributed by atoms with Gasteiger partial charge in [-0.15, -0.1) is 0 Å². The van der Waals surface area contributed by atoms with Gasteiger partial charge in [0.2, 0.25) is 5.91 Å². The number of anilines is 1. The summed E-state index contributed by atoms with van der Waals surface area (Å²) in [7, 11) is 1.97. The summed E-state index contributed by atoms with van der Waals surface area (Å²) in [6.45, 7) is 3.40. The van der Waals surface area contributed by atoms with Crippen LogP contribution in [0.5, 0.6) is 0 Å². The predicted molar refractivity (Wildman–Crippen MR) is 94.0 cm³/mol. The molecule has 0 unspecified atom stereocenters. The molecule has 0 bridgehead atoms. The Balaban J connectivity index is 1.36. The molecule has 1 saturated carbocycles. The van der Waals surface area contributed by atoms with E-state index in [4.69, 9.17) is 4.98 Å². The Morgan fingerprint density at radius 1 is 1.22 bits per heavy atom. The molecule has 0 spiro atoms. The number of nitrogens with zero attached hydrogens (tertiary/aromatic N) is 3. The van der Waals surface area contributed by atoms with Crippen molar-refractivity contribution < 1.29 is 4.79 Å². The Labute approximate surface area is 140 Å². The van der Waals surface area contributed by atoms with Gasteiger partial charge in [0.25, 0.3) is 0 Å². The SMILES string of the molecule is CNC1CC(C(=O)N2CCN(c3nc4ccccc4s3)CC2)C1. The van der Waals surface area contributed by atoms with Crippen LogP contribution < -0.4 is 10.2 Å². The van der Waals surface area contributed by atoms with Gasteiger partial charge >= 0.3 is 0 Å². The first-order valence-electron chi connectivity index (χ1n) is 8.31. The lowest BCUT2D eigenvalue weighted by Gasteiger charge is -2.40. The highest BCUT2D eigenvalue weighted by Gasteiger charge is 2.36. The summed E-state index contributed by atoms with van der Waals surface area (Å²) < 4.78 is 1.23. The number of rotatable bonds is 3. The van der Waals surface area contributed by atoms with Crippen molar-refractivity contribution in [2.75, 3.05) is 38.1 Å². The number of hydrogen-bond acceptors (Lipinski definition) is 5. The smallest absolute Gasteiger partial charge is 0.225 e. The third-order valence-corrected chi connectivity index (χ3v) is 6.14. The molecule has 2 aliphatic rings. The molecule has 5 nitrogen and oxygen atoms in total. The standard InChI is InChI=1S/C17H22N4OS/c1-18-13-10-12(11-13)16(22)20-6-8-21(9-7-20)17-19-14-4-2-3-5-15(14)23-17/h2-5,12-13,18H,6-11H2,1H3. The molecular formula is C17H22N4OS. The van der Waals surface area contributed by atoms with Crippen LogP contribution in [0.25, 0.3) is 10.2 Å². The molecule has 122 valence electrons. The van der Waals surface area contributed by atoms with E-state index < -0.39 is 0 Å². The quantitative estimate of drug-likeness (QED) is 0.934. The zero-order chi connectivity index (χ0) is 15.8. The maximum Gasteiger partial charge on any atom is 0.225 e. The molecule has 2 heterocycles. The fraction of sp³-hybridized carbons (Fsp3) is 0.529. The molecule has 1 saturated heterocycles. The summed E-state index contributed by atoms with van der Waals surface area (Å²) in [5.41, 5.74) is 1.07. The Hall–Kier alpha value is -1.66. The van der Waals surface area contributed by atoms with Crippen molar-refractivity contribution in [2.45, 2.75) is 18.9 Å². The summed E-state index contributed by atoms with van der Waals surface area (Å²) in [5.74, 6) is 0.585. The van der Waals surface area contributed by atoms with Crippen LogP contribution in [0.2, 0.25) is 0 Å². The van der Waals surface area contributed by atoms with Crippen LogP contribution in [-0.4, -0.2) is 55.1 Å². The summed E-state index contributed by atoms with van der Waals surface area (Å²) in [6.07, 6.45) is 1.99. The highest BCUT2D eigenvalue weighted by atomic mass is 32.1. The number of carbonyl (C=O) groups excluding carboxylic acids is 1. The third kappa shape index (κ3) is 2.81. The van der Waals surface area contributed by atoms with Gasteiger partial charge in [-0.25, -0.2) is 4.98 Å². The van der Waals surface area contributed by atoms with Gasteiger partial charge in [0, 0.05) is 38.1 Å². The predicted octanol–water partition coefficient (Wildman–Crippen LogP) is 1.94. The average molecular weight is 330 g/mol. The second kappa shape index (κ2) is 6.09. The number of nitrogens with one attached hydrogen (secondary N) is 1. The van der Waals surface area contributed by atoms with Crippen LogP contribution in [0, 0.1) is 5.92 Å². The molecule has 1 N–H and O–H groups in total. The first kappa shape index (κ1) is 14.9. The maximum absolute atomic E-state index is 12.5. The number of aromatic nitrogens is 1. The van der Waals surface area contributed by atoms with Crippen LogP contribution in [0.1, 0.15) is 12.8 Å². The van der Waals surface area contributed by atoms with Crippen molar-refractivity contribution in [1.82, 2.24) is 15.2 Å². The summed E-state index contributed by atoms with van der Waals surface area (Å²) in [4.78, 5) is 21.6. The Kier molecular flexibility index (Phi) is 3.95. The van der Waals surface area contributed by atoms with Gasteiger partial charge in [0.1, 0.15) is 0 Å². The number of hydrogen-bond donors (Lipinski definition) is 1. The highest BCUT2D eigenvalue weighted by molar-refractivity contribution is 7.22. The Bertz CT molecular complexity index is 668. The van der Waals surface area contributed by atoms with Crippen molar-refractivity contribution in [3.05, 3.63) is 24.3 Å². The maximum atomic E-state index is 12.5. The first-order chi connectivity index (χ1) is 11.2. The lowest BCUT2D eigenvalue weighted by atomic mass is 9.79. The summed E-state index contributed by atoms with van der Waals surface area (Å²) >= 11 is 1.74. The number of carbonyl (C=O) groups is 1. The van der Waals surface area contributed by atoms with E-state index in [1.807, 2.05) is 18.0 Å². The number of fused-ring (bicyclic) bond motifs is 1. The molecule has 2 fully saturated rings. The van der Waals surface area contributed by atoms with E-state index in [0.29, 0.717) is 11.9 Å². The van der Waals surface area contributed by atoms with Crippen LogP contribution in [0.3, 0.4) is 0 Å². The molecule has 0 atom stereocenters. The normalized spacial score (nSPS) is 24.7.